The van der Waals surface area contributed by atoms with Gasteiger partial charge in [-0.2, -0.15) is 0 Å². The Hall–Kier alpha value is -0.480. The van der Waals surface area contributed by atoms with Gasteiger partial charge in [0, 0.05) is 0 Å². The molecule has 0 aliphatic carbocycles. The lowest BCUT2D eigenvalue weighted by atomic mass is 10.1. The van der Waals surface area contributed by atoms with Crippen molar-refractivity contribution in [2.75, 3.05) is 0 Å². The maximum atomic E-state index is 11.0. The van der Waals surface area contributed by atoms with Gasteiger partial charge in [-0.25, -0.2) is 0 Å². The van der Waals surface area contributed by atoms with E-state index >= 15 is 0 Å². The van der Waals surface area contributed by atoms with Crippen LogP contribution in [-0.4, -0.2) is 16.4 Å². The maximum Gasteiger partial charge on any atom is 0.244 e. The lowest BCUT2D eigenvalue weighted by Gasteiger charge is -2.16. The molecule has 0 aliphatic heterocycles. The number of carbonyl (C=O) groups is 1. The van der Waals surface area contributed by atoms with Crippen molar-refractivity contribution < 1.29 is 4.79 Å². The molecule has 1 amide bonds. The van der Waals surface area contributed by atoms with Gasteiger partial charge in [-0.1, -0.05) is 12.2 Å². The highest BCUT2D eigenvalue weighted by Gasteiger charge is 2.21. The third-order valence-corrected chi connectivity index (χ3v) is 0.977. The first-order chi connectivity index (χ1) is 4.34. The fourth-order valence-corrected chi connectivity index (χ4v) is 0.414. The number of hydrogen-bond acceptors (Lipinski definition) is 3. The molecule has 0 fully saturated rings. The van der Waals surface area contributed by atoms with Gasteiger partial charge in [0.15, 0.2) is 0 Å². The van der Waals surface area contributed by atoms with E-state index in [9.17, 15) is 4.79 Å². The average molecular weight is 160 g/mol. The number of amides is 1. The Balaban J connectivity index is 3.99. The Bertz CT molecular complexity index is 160. The topological polar surface area (TPSA) is 55.1 Å². The third kappa shape index (κ3) is 3.53. The summed E-state index contributed by atoms with van der Waals surface area (Å²) in [5.41, 5.74) is 4.61. The molecule has 0 aliphatic rings. The summed E-state index contributed by atoms with van der Waals surface area (Å²) in [5, 5.41) is 2.45. The first-order valence-corrected chi connectivity index (χ1v) is 3.36. The van der Waals surface area contributed by atoms with Crippen LogP contribution in [0, 0.1) is 0 Å². The molecule has 0 aromatic rings. The molecule has 10 heavy (non-hydrogen) atoms. The Morgan fingerprint density at radius 3 is 2.10 bits per heavy atom. The molecule has 0 rings (SSSR count). The highest BCUT2D eigenvalue weighted by Crippen LogP contribution is 1.94. The Morgan fingerprint density at radius 1 is 1.60 bits per heavy atom. The van der Waals surface area contributed by atoms with E-state index < -0.39 is 5.54 Å². The third-order valence-electron chi connectivity index (χ3n) is 0.875. The second kappa shape index (κ2) is 3.07. The van der Waals surface area contributed by atoms with Gasteiger partial charge in [-0.15, -0.1) is 0 Å². The van der Waals surface area contributed by atoms with E-state index in [0.717, 1.165) is 0 Å². The molecule has 3 nitrogen and oxygen atoms in total. The van der Waals surface area contributed by atoms with Crippen molar-refractivity contribution in [2.45, 2.75) is 26.3 Å². The molecule has 0 aromatic carbocycles. The van der Waals surface area contributed by atoms with Crippen molar-refractivity contribution in [2.24, 2.45) is 5.73 Å². The Morgan fingerprint density at radius 2 is 2.00 bits per heavy atom. The van der Waals surface area contributed by atoms with Gasteiger partial charge in [-0.3, -0.25) is 4.79 Å². The minimum atomic E-state index is -0.847. The molecule has 0 unspecified atom stereocenters. The van der Waals surface area contributed by atoms with Crippen molar-refractivity contribution in [1.29, 1.82) is 0 Å². The summed E-state index contributed by atoms with van der Waals surface area (Å²) in [4.78, 5) is 11.4. The Kier molecular flexibility index (Phi) is 2.93. The molecule has 0 heterocycles. The van der Waals surface area contributed by atoms with Crippen LogP contribution in [0.5, 0.6) is 0 Å². The van der Waals surface area contributed by atoms with E-state index in [1.807, 2.05) is 0 Å². The van der Waals surface area contributed by atoms with Crippen LogP contribution in [0.1, 0.15) is 20.8 Å². The zero-order valence-electron chi connectivity index (χ0n) is 6.39. The zero-order chi connectivity index (χ0) is 8.36. The van der Waals surface area contributed by atoms with E-state index in [1.54, 1.807) is 20.8 Å². The first-order valence-electron chi connectivity index (χ1n) is 2.95. The summed E-state index contributed by atoms with van der Waals surface area (Å²) in [5.74, 6) is -0.250. The van der Waals surface area contributed by atoms with E-state index in [0.29, 0.717) is 4.99 Å². The van der Waals surface area contributed by atoms with Gasteiger partial charge >= 0.3 is 0 Å². The van der Waals surface area contributed by atoms with E-state index in [4.69, 9.17) is 5.73 Å². The highest BCUT2D eigenvalue weighted by atomic mass is 32.1. The minimum Gasteiger partial charge on any atom is -0.319 e. The monoisotopic (exact) mass is 160 g/mol. The van der Waals surface area contributed by atoms with Crippen LogP contribution in [0.15, 0.2) is 0 Å². The van der Waals surface area contributed by atoms with Gasteiger partial charge in [0.25, 0.3) is 0 Å². The van der Waals surface area contributed by atoms with E-state index in [-0.39, 0.29) is 5.91 Å². The molecule has 0 bridgehead atoms. The van der Waals surface area contributed by atoms with Gasteiger partial charge in [0.05, 0.1) is 10.5 Å². The molecule has 4 heteroatoms. The van der Waals surface area contributed by atoms with Crippen LogP contribution in [0.3, 0.4) is 0 Å². The van der Waals surface area contributed by atoms with Crippen LogP contribution in [0.25, 0.3) is 0 Å². The van der Waals surface area contributed by atoms with Crippen LogP contribution in [0.4, 0.5) is 0 Å². The number of thiocarbonyl (C=S) groups is 1. The average Bonchev–Trinajstić information content (AvgIpc) is 1.60. The normalized spacial score (nSPS) is 10.8. The van der Waals surface area contributed by atoms with Crippen molar-refractivity contribution in [3.05, 3.63) is 0 Å². The number of rotatable bonds is 1. The second-order valence-corrected chi connectivity index (χ2v) is 3.34. The predicted molar refractivity (Wildman–Crippen MR) is 44.7 cm³/mol. The summed E-state index contributed by atoms with van der Waals surface area (Å²) >= 11 is 4.65. The van der Waals surface area contributed by atoms with Crippen molar-refractivity contribution in [1.82, 2.24) is 5.32 Å². The van der Waals surface area contributed by atoms with Crippen molar-refractivity contribution in [3.63, 3.8) is 0 Å². The number of nitrogens with one attached hydrogen (secondary N) is 1. The molecule has 0 saturated carbocycles. The molecule has 0 spiro atoms. The second-order valence-electron chi connectivity index (χ2n) is 2.73. The molecule has 58 valence electrons. The first kappa shape index (κ1) is 9.52. The SMILES string of the molecule is CC(=S)NC(=O)C(C)(C)N. The van der Waals surface area contributed by atoms with Gasteiger partial charge in [0.1, 0.15) is 0 Å². The fraction of sp³-hybridized carbons (Fsp3) is 0.667. The maximum absolute atomic E-state index is 11.0. The summed E-state index contributed by atoms with van der Waals surface area (Å²) in [6.45, 7) is 4.89. The standard InChI is InChI=1S/C6H12N2OS/c1-4(10)8-5(9)6(2,3)7/h7H2,1-3H3,(H,8,9,10). The molecular weight excluding hydrogens is 148 g/mol. The quantitative estimate of drug-likeness (QED) is 0.538. The lowest BCUT2D eigenvalue weighted by Crippen LogP contribution is -2.50. The molecule has 0 atom stereocenters. The van der Waals surface area contributed by atoms with Crippen LogP contribution >= 0.6 is 12.2 Å². The lowest BCUT2D eigenvalue weighted by molar-refractivity contribution is -0.123. The van der Waals surface area contributed by atoms with E-state index in [2.05, 4.69) is 17.5 Å². The molecule has 0 aromatic heterocycles. The molecule has 0 radical (unpaired) electrons. The molecule has 3 N–H and O–H groups in total. The van der Waals surface area contributed by atoms with Crippen molar-refractivity contribution in [3.8, 4) is 0 Å². The van der Waals surface area contributed by atoms with Crippen LogP contribution in [-0.2, 0) is 4.79 Å². The largest absolute Gasteiger partial charge is 0.319 e. The number of nitrogens with two attached hydrogens (primary N) is 1. The van der Waals surface area contributed by atoms with E-state index in [1.165, 1.54) is 0 Å². The minimum absolute atomic E-state index is 0.250. The molecule has 0 saturated heterocycles. The van der Waals surface area contributed by atoms with Gasteiger partial charge in [0.2, 0.25) is 5.91 Å². The Labute approximate surface area is 66.0 Å². The van der Waals surface area contributed by atoms with Gasteiger partial charge < -0.3 is 11.1 Å². The fourth-order valence-electron chi connectivity index (χ4n) is 0.321. The zero-order valence-corrected chi connectivity index (χ0v) is 7.21. The molecular formula is C6H12N2OS. The van der Waals surface area contributed by atoms with Gasteiger partial charge in [-0.05, 0) is 20.8 Å². The van der Waals surface area contributed by atoms with Crippen molar-refractivity contribution >= 4 is 23.1 Å². The summed E-state index contributed by atoms with van der Waals surface area (Å²) in [7, 11) is 0. The number of hydrogen-bond donors (Lipinski definition) is 2. The highest BCUT2D eigenvalue weighted by molar-refractivity contribution is 7.80. The van der Waals surface area contributed by atoms with Crippen LogP contribution < -0.4 is 11.1 Å². The number of carbonyl (C=O) groups excluding carboxylic acids is 1. The summed E-state index contributed by atoms with van der Waals surface area (Å²) in [6.07, 6.45) is 0. The smallest absolute Gasteiger partial charge is 0.244 e. The predicted octanol–water partition coefficient (Wildman–Crippen LogP) is 0.187. The summed E-state index contributed by atoms with van der Waals surface area (Å²) in [6, 6.07) is 0. The van der Waals surface area contributed by atoms with Crippen LogP contribution in [0.2, 0.25) is 0 Å². The summed E-state index contributed by atoms with van der Waals surface area (Å²) < 4.78 is 0.